The second-order valence-corrected chi connectivity index (χ2v) is 3.67. The van der Waals surface area contributed by atoms with Gasteiger partial charge in [-0.05, 0) is 25.1 Å². The number of benzene rings is 1. The lowest BCUT2D eigenvalue weighted by atomic mass is 9.97. The summed E-state index contributed by atoms with van der Waals surface area (Å²) in [5.41, 5.74) is 0.152. The molecule has 0 spiro atoms. The van der Waals surface area contributed by atoms with E-state index in [-0.39, 0.29) is 17.2 Å². The molecule has 15 heavy (non-hydrogen) atoms. The average molecular weight is 213 g/mol. The van der Waals surface area contributed by atoms with Crippen LogP contribution in [0.25, 0.3) is 0 Å². The Balaban J connectivity index is 2.43. The van der Waals surface area contributed by atoms with Gasteiger partial charge in [-0.15, -0.1) is 0 Å². The van der Waals surface area contributed by atoms with Crippen LogP contribution in [0.4, 0.5) is 8.78 Å². The lowest BCUT2D eigenvalue weighted by Crippen LogP contribution is -2.11. The van der Waals surface area contributed by atoms with E-state index in [1.165, 1.54) is 19.2 Å². The Morgan fingerprint density at radius 2 is 2.20 bits per heavy atom. The second-order valence-electron chi connectivity index (χ2n) is 3.67. The van der Waals surface area contributed by atoms with Crippen molar-refractivity contribution < 1.29 is 13.5 Å². The molecule has 1 aliphatic rings. The lowest BCUT2D eigenvalue weighted by molar-refractivity contribution is 0.378. The largest absolute Gasteiger partial charge is 0.494 e. The standard InChI is InChI=1S/C11H13F2NO/c1-15-9-3-2-8(12)10(11(9)13)7-4-5-14-6-7/h2-3,7,14H,4-6H2,1H3. The topological polar surface area (TPSA) is 21.3 Å². The van der Waals surface area contributed by atoms with Crippen molar-refractivity contribution in [2.24, 2.45) is 0 Å². The van der Waals surface area contributed by atoms with E-state index in [9.17, 15) is 8.78 Å². The minimum Gasteiger partial charge on any atom is -0.494 e. The highest BCUT2D eigenvalue weighted by molar-refractivity contribution is 5.35. The summed E-state index contributed by atoms with van der Waals surface area (Å²) in [6.45, 7) is 1.43. The minimum absolute atomic E-state index is 0.0832. The van der Waals surface area contributed by atoms with Gasteiger partial charge in [0.15, 0.2) is 11.6 Å². The van der Waals surface area contributed by atoms with Gasteiger partial charge in [0.1, 0.15) is 5.82 Å². The lowest BCUT2D eigenvalue weighted by Gasteiger charge is -2.13. The van der Waals surface area contributed by atoms with Crippen molar-refractivity contribution in [2.45, 2.75) is 12.3 Å². The molecule has 1 aliphatic heterocycles. The fourth-order valence-corrected chi connectivity index (χ4v) is 1.98. The van der Waals surface area contributed by atoms with Gasteiger partial charge in [0.2, 0.25) is 0 Å². The zero-order valence-corrected chi connectivity index (χ0v) is 8.52. The number of nitrogens with one attached hydrogen (secondary N) is 1. The van der Waals surface area contributed by atoms with Gasteiger partial charge >= 0.3 is 0 Å². The van der Waals surface area contributed by atoms with E-state index in [0.29, 0.717) is 6.54 Å². The van der Waals surface area contributed by atoms with Crippen LogP contribution in [0.3, 0.4) is 0 Å². The van der Waals surface area contributed by atoms with E-state index in [0.717, 1.165) is 13.0 Å². The molecular formula is C11H13F2NO. The van der Waals surface area contributed by atoms with Gasteiger partial charge in [-0.25, -0.2) is 8.78 Å². The van der Waals surface area contributed by atoms with Crippen LogP contribution in [0, 0.1) is 11.6 Å². The summed E-state index contributed by atoms with van der Waals surface area (Å²) in [5, 5.41) is 3.09. The van der Waals surface area contributed by atoms with E-state index in [4.69, 9.17) is 4.74 Å². The molecule has 2 nitrogen and oxygen atoms in total. The van der Waals surface area contributed by atoms with Crippen LogP contribution in [0.15, 0.2) is 12.1 Å². The maximum Gasteiger partial charge on any atom is 0.171 e. The summed E-state index contributed by atoms with van der Waals surface area (Å²) >= 11 is 0. The highest BCUT2D eigenvalue weighted by Gasteiger charge is 2.25. The Hall–Kier alpha value is -1.16. The first-order valence-electron chi connectivity index (χ1n) is 4.96. The number of halogens is 2. The van der Waals surface area contributed by atoms with Gasteiger partial charge < -0.3 is 10.1 Å². The van der Waals surface area contributed by atoms with Crippen molar-refractivity contribution in [3.05, 3.63) is 29.3 Å². The van der Waals surface area contributed by atoms with Crippen LogP contribution in [-0.2, 0) is 0 Å². The molecule has 1 unspecified atom stereocenters. The van der Waals surface area contributed by atoms with Crippen LogP contribution in [-0.4, -0.2) is 20.2 Å². The Morgan fingerprint density at radius 1 is 1.40 bits per heavy atom. The van der Waals surface area contributed by atoms with Crippen LogP contribution in [0.5, 0.6) is 5.75 Å². The highest BCUT2D eigenvalue weighted by Crippen LogP contribution is 2.31. The smallest absolute Gasteiger partial charge is 0.171 e. The molecule has 1 aromatic carbocycles. The normalized spacial score (nSPS) is 20.6. The van der Waals surface area contributed by atoms with Crippen molar-refractivity contribution >= 4 is 0 Å². The van der Waals surface area contributed by atoms with Gasteiger partial charge in [0.05, 0.1) is 7.11 Å². The Bertz CT molecular complexity index is 362. The molecule has 0 amide bonds. The first kappa shape index (κ1) is 10.4. The molecule has 1 heterocycles. The molecular weight excluding hydrogens is 200 g/mol. The summed E-state index contributed by atoms with van der Waals surface area (Å²) in [6, 6.07) is 2.58. The van der Waals surface area contributed by atoms with Crippen molar-refractivity contribution in [1.29, 1.82) is 0 Å². The van der Waals surface area contributed by atoms with E-state index >= 15 is 0 Å². The second kappa shape index (κ2) is 4.14. The quantitative estimate of drug-likeness (QED) is 0.811. The van der Waals surface area contributed by atoms with Crippen LogP contribution in [0.2, 0.25) is 0 Å². The number of methoxy groups -OCH3 is 1. The predicted octanol–water partition coefficient (Wildman–Crippen LogP) is 2.05. The minimum atomic E-state index is -0.564. The third kappa shape index (κ3) is 1.81. The summed E-state index contributed by atoms with van der Waals surface area (Å²) < 4.78 is 32.1. The summed E-state index contributed by atoms with van der Waals surface area (Å²) in [5.74, 6) is -1.02. The molecule has 1 fully saturated rings. The SMILES string of the molecule is COc1ccc(F)c(C2CCNC2)c1F. The highest BCUT2D eigenvalue weighted by atomic mass is 19.1. The molecule has 0 aliphatic carbocycles. The van der Waals surface area contributed by atoms with Crippen LogP contribution >= 0.6 is 0 Å². The zero-order valence-electron chi connectivity index (χ0n) is 8.52. The molecule has 2 rings (SSSR count). The number of rotatable bonds is 2. The van der Waals surface area contributed by atoms with E-state index < -0.39 is 11.6 Å². The molecule has 4 heteroatoms. The van der Waals surface area contributed by atoms with E-state index in [2.05, 4.69) is 5.32 Å². The Labute approximate surface area is 87.2 Å². The first-order valence-corrected chi connectivity index (χ1v) is 4.96. The molecule has 1 saturated heterocycles. The number of ether oxygens (including phenoxy) is 1. The van der Waals surface area contributed by atoms with Crippen molar-refractivity contribution in [3.63, 3.8) is 0 Å². The summed E-state index contributed by atoms with van der Waals surface area (Å²) in [6.07, 6.45) is 0.765. The number of hydrogen-bond donors (Lipinski definition) is 1. The number of hydrogen-bond acceptors (Lipinski definition) is 2. The zero-order chi connectivity index (χ0) is 10.8. The molecule has 82 valence electrons. The molecule has 1 N–H and O–H groups in total. The molecule has 0 radical (unpaired) electrons. The fourth-order valence-electron chi connectivity index (χ4n) is 1.98. The van der Waals surface area contributed by atoms with Gasteiger partial charge in [0.25, 0.3) is 0 Å². The maximum atomic E-state index is 13.8. The fraction of sp³-hybridized carbons (Fsp3) is 0.455. The third-order valence-corrected chi connectivity index (χ3v) is 2.78. The van der Waals surface area contributed by atoms with Gasteiger partial charge in [0, 0.05) is 18.0 Å². The van der Waals surface area contributed by atoms with Gasteiger partial charge in [-0.2, -0.15) is 0 Å². The van der Waals surface area contributed by atoms with Crippen LogP contribution < -0.4 is 10.1 Å². The first-order chi connectivity index (χ1) is 7.24. The van der Waals surface area contributed by atoms with Gasteiger partial charge in [-0.3, -0.25) is 0 Å². The Kier molecular flexibility index (Phi) is 2.86. The van der Waals surface area contributed by atoms with Gasteiger partial charge in [-0.1, -0.05) is 0 Å². The van der Waals surface area contributed by atoms with E-state index in [1.807, 2.05) is 0 Å². The molecule has 1 aromatic rings. The summed E-state index contributed by atoms with van der Waals surface area (Å²) in [7, 11) is 1.38. The molecule has 0 aromatic heterocycles. The van der Waals surface area contributed by atoms with Crippen molar-refractivity contribution in [3.8, 4) is 5.75 Å². The Morgan fingerprint density at radius 3 is 2.80 bits per heavy atom. The third-order valence-electron chi connectivity index (χ3n) is 2.78. The summed E-state index contributed by atoms with van der Waals surface area (Å²) in [4.78, 5) is 0. The molecule has 0 bridgehead atoms. The van der Waals surface area contributed by atoms with Crippen molar-refractivity contribution in [2.75, 3.05) is 20.2 Å². The van der Waals surface area contributed by atoms with Crippen molar-refractivity contribution in [1.82, 2.24) is 5.32 Å². The van der Waals surface area contributed by atoms with E-state index in [1.54, 1.807) is 0 Å². The van der Waals surface area contributed by atoms with Crippen LogP contribution in [0.1, 0.15) is 17.9 Å². The monoisotopic (exact) mass is 213 g/mol. The molecule has 1 atom stereocenters. The molecule has 0 saturated carbocycles. The maximum absolute atomic E-state index is 13.8. The predicted molar refractivity (Wildman–Crippen MR) is 53.1 cm³/mol. The average Bonchev–Trinajstić information content (AvgIpc) is 2.71.